The van der Waals surface area contributed by atoms with Gasteiger partial charge in [0.05, 0.1) is 6.26 Å². The first-order valence-electron chi connectivity index (χ1n) is 6.81. The monoisotopic (exact) mass is 374 g/mol. The van der Waals surface area contributed by atoms with Crippen molar-refractivity contribution in [2.24, 2.45) is 0 Å². The molecule has 1 heterocycles. The van der Waals surface area contributed by atoms with Gasteiger partial charge < -0.3 is 15.1 Å². The minimum absolute atomic E-state index is 0.0923. The molecule has 23 heavy (non-hydrogen) atoms. The van der Waals surface area contributed by atoms with Crippen LogP contribution in [-0.4, -0.2) is 18.4 Å². The van der Waals surface area contributed by atoms with Crippen molar-refractivity contribution in [2.75, 3.05) is 6.54 Å². The summed E-state index contributed by atoms with van der Waals surface area (Å²) in [6.45, 7) is 3.83. The van der Waals surface area contributed by atoms with Gasteiger partial charge in [0.25, 0.3) is 11.8 Å². The zero-order valence-electron chi connectivity index (χ0n) is 12.2. The van der Waals surface area contributed by atoms with Gasteiger partial charge in [-0.3, -0.25) is 9.59 Å². The third kappa shape index (κ3) is 4.96. The SMILES string of the molecule is C=CCNC(=O)/C(=C\c1ccco1)NC(=O)c1ccc(Br)cc1. The van der Waals surface area contributed by atoms with E-state index in [0.29, 0.717) is 17.9 Å². The Morgan fingerprint density at radius 1 is 1.22 bits per heavy atom. The van der Waals surface area contributed by atoms with E-state index in [-0.39, 0.29) is 11.6 Å². The maximum Gasteiger partial charge on any atom is 0.268 e. The fourth-order valence-electron chi connectivity index (χ4n) is 1.73. The molecule has 6 heteroatoms. The summed E-state index contributed by atoms with van der Waals surface area (Å²) < 4.78 is 6.05. The maximum atomic E-state index is 12.3. The Kier molecular flexibility index (Phi) is 5.94. The molecule has 0 atom stereocenters. The second-order valence-corrected chi connectivity index (χ2v) is 5.45. The average Bonchev–Trinajstić information content (AvgIpc) is 3.05. The summed E-state index contributed by atoms with van der Waals surface area (Å²) in [5.41, 5.74) is 0.532. The summed E-state index contributed by atoms with van der Waals surface area (Å²) in [7, 11) is 0. The highest BCUT2D eigenvalue weighted by Crippen LogP contribution is 2.12. The van der Waals surface area contributed by atoms with Crippen LogP contribution in [0.25, 0.3) is 6.08 Å². The lowest BCUT2D eigenvalue weighted by molar-refractivity contribution is -0.117. The molecule has 0 saturated carbocycles. The molecule has 0 aliphatic heterocycles. The van der Waals surface area contributed by atoms with Crippen LogP contribution in [0.2, 0.25) is 0 Å². The van der Waals surface area contributed by atoms with Crippen molar-refractivity contribution in [1.29, 1.82) is 0 Å². The van der Waals surface area contributed by atoms with Crippen LogP contribution in [0.1, 0.15) is 16.1 Å². The van der Waals surface area contributed by atoms with Crippen molar-refractivity contribution < 1.29 is 14.0 Å². The first kappa shape index (κ1) is 16.8. The van der Waals surface area contributed by atoms with Gasteiger partial charge in [-0.1, -0.05) is 22.0 Å². The van der Waals surface area contributed by atoms with E-state index in [4.69, 9.17) is 4.42 Å². The zero-order chi connectivity index (χ0) is 16.7. The zero-order valence-corrected chi connectivity index (χ0v) is 13.8. The molecule has 0 unspecified atom stereocenters. The number of rotatable bonds is 6. The van der Waals surface area contributed by atoms with Crippen LogP contribution in [0.3, 0.4) is 0 Å². The van der Waals surface area contributed by atoms with Crippen molar-refractivity contribution in [1.82, 2.24) is 10.6 Å². The average molecular weight is 375 g/mol. The minimum Gasteiger partial charge on any atom is -0.465 e. The van der Waals surface area contributed by atoms with Crippen molar-refractivity contribution in [3.8, 4) is 0 Å². The second kappa shape index (κ2) is 8.14. The smallest absolute Gasteiger partial charge is 0.268 e. The van der Waals surface area contributed by atoms with Gasteiger partial charge in [0, 0.05) is 22.7 Å². The number of nitrogens with one attached hydrogen (secondary N) is 2. The Balaban J connectivity index is 2.19. The van der Waals surface area contributed by atoms with Gasteiger partial charge in [0.1, 0.15) is 11.5 Å². The van der Waals surface area contributed by atoms with Gasteiger partial charge >= 0.3 is 0 Å². The highest BCUT2D eigenvalue weighted by atomic mass is 79.9. The van der Waals surface area contributed by atoms with E-state index in [9.17, 15) is 9.59 Å². The molecule has 0 fully saturated rings. The summed E-state index contributed by atoms with van der Waals surface area (Å²) in [6.07, 6.45) is 4.51. The van der Waals surface area contributed by atoms with Gasteiger partial charge in [-0.15, -0.1) is 6.58 Å². The van der Waals surface area contributed by atoms with Gasteiger partial charge in [0.15, 0.2) is 0 Å². The number of hydrogen-bond acceptors (Lipinski definition) is 3. The number of halogens is 1. The van der Waals surface area contributed by atoms with E-state index >= 15 is 0 Å². The predicted octanol–water partition coefficient (Wildman–Crippen LogP) is 3.12. The Hall–Kier alpha value is -2.60. The predicted molar refractivity (Wildman–Crippen MR) is 91.5 cm³/mol. The molecule has 2 N–H and O–H groups in total. The molecule has 0 radical (unpaired) electrons. The highest BCUT2D eigenvalue weighted by Gasteiger charge is 2.14. The fourth-order valence-corrected chi connectivity index (χ4v) is 1.99. The van der Waals surface area contributed by atoms with Crippen LogP contribution >= 0.6 is 15.9 Å². The van der Waals surface area contributed by atoms with Crippen molar-refractivity contribution >= 4 is 33.8 Å². The molecule has 5 nitrogen and oxygen atoms in total. The summed E-state index contributed by atoms with van der Waals surface area (Å²) >= 11 is 3.31. The quantitative estimate of drug-likeness (QED) is 0.602. The Morgan fingerprint density at radius 3 is 2.57 bits per heavy atom. The molecule has 2 aromatic rings. The van der Waals surface area contributed by atoms with Crippen molar-refractivity contribution in [2.45, 2.75) is 0 Å². The summed E-state index contributed by atoms with van der Waals surface area (Å²) in [5.74, 6) is -0.347. The van der Waals surface area contributed by atoms with Gasteiger partial charge in [-0.05, 0) is 36.4 Å². The minimum atomic E-state index is -0.424. The van der Waals surface area contributed by atoms with E-state index in [1.54, 1.807) is 42.5 Å². The molecule has 1 aromatic carbocycles. The van der Waals surface area contributed by atoms with Crippen LogP contribution in [0.5, 0.6) is 0 Å². The maximum absolute atomic E-state index is 12.3. The molecule has 2 amide bonds. The topological polar surface area (TPSA) is 71.3 Å². The lowest BCUT2D eigenvalue weighted by Gasteiger charge is -2.09. The summed E-state index contributed by atoms with van der Waals surface area (Å²) in [6, 6.07) is 10.2. The molecule has 0 spiro atoms. The lowest BCUT2D eigenvalue weighted by atomic mass is 10.2. The van der Waals surface area contributed by atoms with Crippen LogP contribution in [0, 0.1) is 0 Å². The van der Waals surface area contributed by atoms with E-state index in [1.165, 1.54) is 12.3 Å². The third-order valence-electron chi connectivity index (χ3n) is 2.84. The van der Waals surface area contributed by atoms with Crippen LogP contribution in [0.4, 0.5) is 0 Å². The highest BCUT2D eigenvalue weighted by molar-refractivity contribution is 9.10. The molecular weight excluding hydrogens is 360 g/mol. The molecule has 0 aliphatic rings. The summed E-state index contributed by atoms with van der Waals surface area (Å²) in [4.78, 5) is 24.4. The normalized spacial score (nSPS) is 10.9. The first-order valence-corrected chi connectivity index (χ1v) is 7.60. The Bertz CT molecular complexity index is 719. The van der Waals surface area contributed by atoms with Crippen molar-refractivity contribution in [3.63, 3.8) is 0 Å². The molecular formula is C17H15BrN2O3. The van der Waals surface area contributed by atoms with Crippen LogP contribution in [0.15, 0.2) is 69.9 Å². The van der Waals surface area contributed by atoms with E-state index in [1.807, 2.05) is 0 Å². The number of benzene rings is 1. The molecule has 2 rings (SSSR count). The molecule has 0 bridgehead atoms. The molecule has 0 saturated heterocycles. The van der Waals surface area contributed by atoms with Crippen LogP contribution < -0.4 is 10.6 Å². The van der Waals surface area contributed by atoms with E-state index in [2.05, 4.69) is 33.1 Å². The molecule has 1 aromatic heterocycles. The number of hydrogen-bond donors (Lipinski definition) is 2. The second-order valence-electron chi connectivity index (χ2n) is 4.53. The fraction of sp³-hybridized carbons (Fsp3) is 0.0588. The summed E-state index contributed by atoms with van der Waals surface area (Å²) in [5, 5.41) is 5.22. The van der Waals surface area contributed by atoms with Crippen molar-refractivity contribution in [3.05, 3.63) is 76.8 Å². The Morgan fingerprint density at radius 2 is 1.96 bits per heavy atom. The van der Waals surface area contributed by atoms with E-state index in [0.717, 1.165) is 4.47 Å². The third-order valence-corrected chi connectivity index (χ3v) is 3.36. The first-order chi connectivity index (χ1) is 11.1. The largest absolute Gasteiger partial charge is 0.465 e. The Labute approximate surface area is 142 Å². The van der Waals surface area contributed by atoms with E-state index < -0.39 is 5.91 Å². The van der Waals surface area contributed by atoms with Gasteiger partial charge in [-0.2, -0.15) is 0 Å². The number of amides is 2. The number of carbonyl (C=O) groups excluding carboxylic acids is 2. The van der Waals surface area contributed by atoms with Crippen LogP contribution in [-0.2, 0) is 4.79 Å². The van der Waals surface area contributed by atoms with Gasteiger partial charge in [-0.25, -0.2) is 0 Å². The van der Waals surface area contributed by atoms with Gasteiger partial charge in [0.2, 0.25) is 0 Å². The number of carbonyl (C=O) groups is 2. The lowest BCUT2D eigenvalue weighted by Crippen LogP contribution is -2.34. The standard InChI is InChI=1S/C17H15BrN2O3/c1-2-9-19-17(22)15(11-14-4-3-10-23-14)20-16(21)12-5-7-13(18)8-6-12/h2-8,10-11H,1,9H2,(H,19,22)(H,20,21)/b15-11+. The molecule has 118 valence electrons. The number of furan rings is 1. The molecule has 0 aliphatic carbocycles.